The number of nitrogens with one attached hydrogen (secondary N) is 3. The van der Waals surface area contributed by atoms with Gasteiger partial charge in [-0.2, -0.15) is 0 Å². The summed E-state index contributed by atoms with van der Waals surface area (Å²) in [4.78, 5) is 16.5. The van der Waals surface area contributed by atoms with Crippen LogP contribution in [0, 0.1) is 0 Å². The molecule has 3 N–H and O–H groups in total. The Hall–Kier alpha value is -1.50. The average molecular weight is 359 g/mol. The van der Waals surface area contributed by atoms with Crippen molar-refractivity contribution in [3.8, 4) is 0 Å². The van der Waals surface area contributed by atoms with Crippen molar-refractivity contribution < 1.29 is 14.3 Å². The maximum Gasteiger partial charge on any atom is 0.407 e. The summed E-state index contributed by atoms with van der Waals surface area (Å²) in [5.41, 5.74) is -0.499. The Kier molecular flexibility index (Phi) is 12.9. The Balaban J connectivity index is 4.50. The molecule has 0 aliphatic carbocycles. The van der Waals surface area contributed by atoms with E-state index in [4.69, 9.17) is 9.47 Å². The predicted molar refractivity (Wildman–Crippen MR) is 103 cm³/mol. The Labute approximate surface area is 153 Å². The van der Waals surface area contributed by atoms with E-state index >= 15 is 0 Å². The zero-order chi connectivity index (χ0) is 19.1. The Bertz CT molecular complexity index is 381. The second-order valence-corrected chi connectivity index (χ2v) is 6.83. The average Bonchev–Trinajstić information content (AvgIpc) is 2.50. The second kappa shape index (κ2) is 13.8. The molecular weight excluding hydrogens is 320 g/mol. The van der Waals surface area contributed by atoms with Crippen LogP contribution in [0.1, 0.15) is 60.8 Å². The van der Waals surface area contributed by atoms with Crippen molar-refractivity contribution in [2.24, 2.45) is 4.99 Å². The molecule has 0 saturated carbocycles. The first-order valence-electron chi connectivity index (χ1n) is 9.41. The molecule has 25 heavy (non-hydrogen) atoms. The summed E-state index contributed by atoms with van der Waals surface area (Å²) in [5.74, 6) is 0.756. The zero-order valence-electron chi connectivity index (χ0n) is 16.9. The lowest BCUT2D eigenvalue weighted by molar-refractivity contribution is 0.0503. The molecule has 7 nitrogen and oxygen atoms in total. The molecule has 7 heteroatoms. The third-order valence-corrected chi connectivity index (χ3v) is 3.13. The minimum Gasteiger partial charge on any atom is -0.444 e. The minimum absolute atomic E-state index is 0.0428. The standard InChI is InChI=1S/C18H38N4O3/c1-7-11-15(22-17(23)25-18(4,5)6)14-21-16(19-8-2)20-12-10-13-24-9-3/h15H,7-14H2,1-6H3,(H,22,23)(H2,19,20,21). The first kappa shape index (κ1) is 23.5. The van der Waals surface area contributed by atoms with Gasteiger partial charge >= 0.3 is 6.09 Å². The summed E-state index contributed by atoms with van der Waals surface area (Å²) < 4.78 is 10.7. The number of nitrogens with zero attached hydrogens (tertiary/aromatic N) is 1. The molecule has 0 aliphatic rings. The molecule has 0 radical (unpaired) electrons. The second-order valence-electron chi connectivity index (χ2n) is 6.83. The molecule has 1 amide bonds. The highest BCUT2D eigenvalue weighted by Crippen LogP contribution is 2.07. The van der Waals surface area contributed by atoms with Crippen molar-refractivity contribution in [3.05, 3.63) is 0 Å². The summed E-state index contributed by atoms with van der Waals surface area (Å²) in [7, 11) is 0. The van der Waals surface area contributed by atoms with Gasteiger partial charge in [0, 0.05) is 26.3 Å². The molecule has 0 aromatic heterocycles. The van der Waals surface area contributed by atoms with E-state index in [2.05, 4.69) is 27.9 Å². The molecule has 0 saturated heterocycles. The first-order chi connectivity index (χ1) is 11.8. The van der Waals surface area contributed by atoms with E-state index in [1.807, 2.05) is 34.6 Å². The normalized spacial score (nSPS) is 13.3. The minimum atomic E-state index is -0.499. The summed E-state index contributed by atoms with van der Waals surface area (Å²) in [6, 6.07) is -0.0428. The van der Waals surface area contributed by atoms with Crippen LogP contribution in [0.4, 0.5) is 4.79 Å². The Morgan fingerprint density at radius 3 is 2.44 bits per heavy atom. The van der Waals surface area contributed by atoms with Crippen molar-refractivity contribution in [1.82, 2.24) is 16.0 Å². The molecule has 0 aliphatic heterocycles. The van der Waals surface area contributed by atoms with Crippen LogP contribution in [0.15, 0.2) is 4.99 Å². The van der Waals surface area contributed by atoms with E-state index < -0.39 is 11.7 Å². The Morgan fingerprint density at radius 1 is 1.16 bits per heavy atom. The van der Waals surface area contributed by atoms with Gasteiger partial charge in [-0.15, -0.1) is 0 Å². The predicted octanol–water partition coefficient (Wildman–Crippen LogP) is 2.66. The number of rotatable bonds is 11. The molecule has 0 spiro atoms. The third-order valence-electron chi connectivity index (χ3n) is 3.13. The highest BCUT2D eigenvalue weighted by Gasteiger charge is 2.19. The van der Waals surface area contributed by atoms with E-state index in [9.17, 15) is 4.79 Å². The molecule has 0 fully saturated rings. The maximum atomic E-state index is 12.0. The summed E-state index contributed by atoms with van der Waals surface area (Å²) in [6.07, 6.45) is 2.35. The van der Waals surface area contributed by atoms with Crippen LogP contribution in [-0.4, -0.2) is 56.5 Å². The summed E-state index contributed by atoms with van der Waals surface area (Å²) in [5, 5.41) is 9.41. The zero-order valence-corrected chi connectivity index (χ0v) is 16.9. The highest BCUT2D eigenvalue weighted by molar-refractivity contribution is 5.79. The van der Waals surface area contributed by atoms with E-state index in [1.54, 1.807) is 0 Å². The van der Waals surface area contributed by atoms with Crippen LogP contribution in [-0.2, 0) is 9.47 Å². The van der Waals surface area contributed by atoms with E-state index in [0.717, 1.165) is 51.5 Å². The van der Waals surface area contributed by atoms with Crippen LogP contribution in [0.2, 0.25) is 0 Å². The molecule has 0 rings (SSSR count). The SMILES string of the molecule is CCCC(CN=C(NCC)NCCCOCC)NC(=O)OC(C)(C)C. The van der Waals surface area contributed by atoms with Crippen LogP contribution in [0.5, 0.6) is 0 Å². The van der Waals surface area contributed by atoms with Gasteiger partial charge in [-0.25, -0.2) is 4.79 Å². The Morgan fingerprint density at radius 2 is 1.88 bits per heavy atom. The molecule has 0 aromatic rings. The lowest BCUT2D eigenvalue weighted by Gasteiger charge is -2.23. The molecule has 148 valence electrons. The first-order valence-corrected chi connectivity index (χ1v) is 9.41. The quantitative estimate of drug-likeness (QED) is 0.300. The van der Waals surface area contributed by atoms with E-state index in [-0.39, 0.29) is 6.04 Å². The summed E-state index contributed by atoms with van der Waals surface area (Å²) >= 11 is 0. The largest absolute Gasteiger partial charge is 0.444 e. The lowest BCUT2D eigenvalue weighted by atomic mass is 10.1. The van der Waals surface area contributed by atoms with Crippen LogP contribution < -0.4 is 16.0 Å². The molecule has 0 heterocycles. The van der Waals surface area contributed by atoms with Crippen molar-refractivity contribution >= 4 is 12.1 Å². The van der Waals surface area contributed by atoms with Gasteiger partial charge in [-0.1, -0.05) is 13.3 Å². The number of amides is 1. The molecular formula is C18H38N4O3. The monoisotopic (exact) mass is 358 g/mol. The van der Waals surface area contributed by atoms with Crippen LogP contribution in [0.25, 0.3) is 0 Å². The highest BCUT2D eigenvalue weighted by atomic mass is 16.6. The number of ether oxygens (including phenoxy) is 2. The maximum absolute atomic E-state index is 12.0. The molecule has 1 atom stereocenters. The number of carbonyl (C=O) groups is 1. The van der Waals surface area contributed by atoms with Crippen molar-refractivity contribution in [3.63, 3.8) is 0 Å². The summed E-state index contributed by atoms with van der Waals surface area (Å²) in [6.45, 7) is 15.2. The van der Waals surface area contributed by atoms with Crippen LogP contribution >= 0.6 is 0 Å². The van der Waals surface area contributed by atoms with Gasteiger partial charge in [0.25, 0.3) is 0 Å². The molecule has 1 unspecified atom stereocenters. The third kappa shape index (κ3) is 14.5. The lowest BCUT2D eigenvalue weighted by Crippen LogP contribution is -2.42. The van der Waals surface area contributed by atoms with Gasteiger partial charge in [0.2, 0.25) is 0 Å². The van der Waals surface area contributed by atoms with Gasteiger partial charge in [0.1, 0.15) is 5.60 Å². The molecule has 0 bridgehead atoms. The van der Waals surface area contributed by atoms with Crippen molar-refractivity contribution in [2.75, 3.05) is 32.8 Å². The fourth-order valence-corrected chi connectivity index (χ4v) is 2.10. The molecule has 0 aromatic carbocycles. The number of hydrogen-bond acceptors (Lipinski definition) is 4. The number of guanidine groups is 1. The number of alkyl carbamates (subject to hydrolysis) is 1. The van der Waals surface area contributed by atoms with Gasteiger partial charge in [0.05, 0.1) is 12.6 Å². The van der Waals surface area contributed by atoms with Crippen LogP contribution in [0.3, 0.4) is 0 Å². The van der Waals surface area contributed by atoms with Crippen molar-refractivity contribution in [2.45, 2.75) is 72.4 Å². The van der Waals surface area contributed by atoms with Gasteiger partial charge in [-0.05, 0) is 47.5 Å². The van der Waals surface area contributed by atoms with E-state index in [1.165, 1.54) is 0 Å². The number of carbonyl (C=O) groups excluding carboxylic acids is 1. The van der Waals surface area contributed by atoms with Gasteiger partial charge in [-0.3, -0.25) is 4.99 Å². The van der Waals surface area contributed by atoms with Gasteiger partial charge < -0.3 is 25.4 Å². The fourth-order valence-electron chi connectivity index (χ4n) is 2.10. The number of hydrogen-bond donors (Lipinski definition) is 3. The van der Waals surface area contributed by atoms with E-state index in [0.29, 0.717) is 6.54 Å². The topological polar surface area (TPSA) is 84.0 Å². The number of aliphatic imine (C=N–C) groups is 1. The van der Waals surface area contributed by atoms with Crippen molar-refractivity contribution in [1.29, 1.82) is 0 Å². The fraction of sp³-hybridized carbons (Fsp3) is 0.889. The van der Waals surface area contributed by atoms with Gasteiger partial charge in [0.15, 0.2) is 5.96 Å². The smallest absolute Gasteiger partial charge is 0.407 e.